The second-order valence-corrected chi connectivity index (χ2v) is 4.77. The third kappa shape index (κ3) is 3.05. The van der Waals surface area contributed by atoms with Crippen LogP contribution in [0, 0.1) is 11.6 Å². The number of hydrogen-bond donors (Lipinski definition) is 1. The summed E-state index contributed by atoms with van der Waals surface area (Å²) in [6, 6.07) is 7.05. The van der Waals surface area contributed by atoms with Crippen LogP contribution in [0.3, 0.4) is 0 Å². The number of alkyl halides is 3. The second kappa shape index (κ2) is 5.11. The number of aliphatic hydroxyl groups is 1. The quantitative estimate of drug-likeness (QED) is 0.823. The predicted molar refractivity (Wildman–Crippen MR) is 66.5 cm³/mol. The van der Waals surface area contributed by atoms with Gasteiger partial charge in [0.2, 0.25) is 0 Å². The first-order chi connectivity index (χ1) is 9.62. The molecule has 0 aliphatic rings. The molecule has 0 bridgehead atoms. The molecule has 0 radical (unpaired) electrons. The van der Waals surface area contributed by atoms with Crippen molar-refractivity contribution in [2.24, 2.45) is 0 Å². The summed E-state index contributed by atoms with van der Waals surface area (Å²) >= 11 is 0. The van der Waals surface area contributed by atoms with Crippen molar-refractivity contribution in [3.8, 4) is 0 Å². The van der Waals surface area contributed by atoms with Gasteiger partial charge in [0.15, 0.2) is 0 Å². The van der Waals surface area contributed by atoms with E-state index >= 15 is 0 Å². The number of rotatable bonds is 2. The zero-order valence-electron chi connectivity index (χ0n) is 10.9. The van der Waals surface area contributed by atoms with E-state index in [9.17, 15) is 27.1 Å². The van der Waals surface area contributed by atoms with Gasteiger partial charge in [0.05, 0.1) is 5.56 Å². The van der Waals surface area contributed by atoms with Gasteiger partial charge in [-0.25, -0.2) is 8.78 Å². The van der Waals surface area contributed by atoms with Crippen LogP contribution in [-0.4, -0.2) is 5.11 Å². The van der Waals surface area contributed by atoms with Crippen molar-refractivity contribution in [3.63, 3.8) is 0 Å². The Kier molecular flexibility index (Phi) is 3.76. The fourth-order valence-corrected chi connectivity index (χ4v) is 2.00. The van der Waals surface area contributed by atoms with Crippen molar-refractivity contribution < 1.29 is 27.1 Å². The SMILES string of the molecule is CC(O)(c1cccc(F)c1)c1ccc(F)c(C(F)(F)F)c1. The molecular weight excluding hydrogens is 291 g/mol. The van der Waals surface area contributed by atoms with Crippen LogP contribution in [0.5, 0.6) is 0 Å². The molecule has 0 aliphatic heterocycles. The Bertz CT molecular complexity index is 661. The van der Waals surface area contributed by atoms with E-state index in [1.165, 1.54) is 19.1 Å². The summed E-state index contributed by atoms with van der Waals surface area (Å²) in [7, 11) is 0. The van der Waals surface area contributed by atoms with E-state index in [4.69, 9.17) is 0 Å². The van der Waals surface area contributed by atoms with E-state index in [0.717, 1.165) is 18.2 Å². The minimum absolute atomic E-state index is 0.0715. The van der Waals surface area contributed by atoms with Crippen molar-refractivity contribution >= 4 is 0 Å². The van der Waals surface area contributed by atoms with Crippen LogP contribution in [0.2, 0.25) is 0 Å². The van der Waals surface area contributed by atoms with Gasteiger partial charge in [-0.05, 0) is 42.3 Å². The average molecular weight is 302 g/mol. The minimum atomic E-state index is -4.88. The zero-order valence-corrected chi connectivity index (χ0v) is 10.9. The maximum Gasteiger partial charge on any atom is 0.419 e. The third-order valence-corrected chi connectivity index (χ3v) is 3.22. The summed E-state index contributed by atoms with van der Waals surface area (Å²) in [6.07, 6.45) is -4.88. The molecule has 2 aromatic carbocycles. The Hall–Kier alpha value is -1.95. The first-order valence-electron chi connectivity index (χ1n) is 5.98. The molecule has 0 heterocycles. The fraction of sp³-hybridized carbons (Fsp3) is 0.200. The van der Waals surface area contributed by atoms with Gasteiger partial charge >= 0.3 is 6.18 Å². The number of halogens is 5. The van der Waals surface area contributed by atoms with Gasteiger partial charge < -0.3 is 5.11 Å². The van der Waals surface area contributed by atoms with E-state index in [0.29, 0.717) is 12.1 Å². The molecular formula is C15H11F5O. The number of benzene rings is 2. The molecule has 1 unspecified atom stereocenters. The first kappa shape index (κ1) is 15.4. The van der Waals surface area contributed by atoms with Crippen LogP contribution >= 0.6 is 0 Å². The summed E-state index contributed by atoms with van der Waals surface area (Å²) in [5.74, 6) is -2.06. The standard InChI is InChI=1S/C15H11F5O/c1-14(21,9-3-2-4-11(16)7-9)10-5-6-13(17)12(8-10)15(18,19)20/h2-8,21H,1H3. The van der Waals surface area contributed by atoms with Gasteiger partial charge in [-0.2, -0.15) is 13.2 Å². The topological polar surface area (TPSA) is 20.2 Å². The van der Waals surface area contributed by atoms with E-state index in [1.807, 2.05) is 0 Å². The molecule has 6 heteroatoms. The molecule has 1 atom stereocenters. The van der Waals surface area contributed by atoms with Gasteiger partial charge in [0.1, 0.15) is 17.2 Å². The van der Waals surface area contributed by atoms with Crippen LogP contribution < -0.4 is 0 Å². The van der Waals surface area contributed by atoms with Crippen molar-refractivity contribution in [2.45, 2.75) is 18.7 Å². The highest BCUT2D eigenvalue weighted by Gasteiger charge is 2.36. The summed E-state index contributed by atoms with van der Waals surface area (Å²) in [4.78, 5) is 0. The summed E-state index contributed by atoms with van der Waals surface area (Å²) < 4.78 is 64.6. The summed E-state index contributed by atoms with van der Waals surface area (Å²) in [5.41, 5.74) is -3.46. The normalized spacial score (nSPS) is 14.8. The smallest absolute Gasteiger partial charge is 0.381 e. The minimum Gasteiger partial charge on any atom is -0.381 e. The molecule has 0 spiro atoms. The highest BCUT2D eigenvalue weighted by molar-refractivity contribution is 5.38. The van der Waals surface area contributed by atoms with E-state index in [-0.39, 0.29) is 11.1 Å². The van der Waals surface area contributed by atoms with Crippen molar-refractivity contribution in [3.05, 3.63) is 70.8 Å². The fourth-order valence-electron chi connectivity index (χ4n) is 2.00. The lowest BCUT2D eigenvalue weighted by atomic mass is 9.87. The van der Waals surface area contributed by atoms with E-state index < -0.39 is 29.0 Å². The maximum atomic E-state index is 13.3. The Morgan fingerprint density at radius 3 is 2.10 bits per heavy atom. The van der Waals surface area contributed by atoms with Gasteiger partial charge in [-0.3, -0.25) is 0 Å². The van der Waals surface area contributed by atoms with Gasteiger partial charge in [0.25, 0.3) is 0 Å². The van der Waals surface area contributed by atoms with Gasteiger partial charge in [-0.15, -0.1) is 0 Å². The molecule has 2 aromatic rings. The van der Waals surface area contributed by atoms with Crippen LogP contribution in [-0.2, 0) is 11.8 Å². The van der Waals surface area contributed by atoms with Crippen LogP contribution in [0.25, 0.3) is 0 Å². The molecule has 0 saturated heterocycles. The highest BCUT2D eigenvalue weighted by atomic mass is 19.4. The van der Waals surface area contributed by atoms with E-state index in [1.54, 1.807) is 0 Å². The van der Waals surface area contributed by atoms with Crippen LogP contribution in [0.15, 0.2) is 42.5 Å². The molecule has 1 N–H and O–H groups in total. The van der Waals surface area contributed by atoms with Gasteiger partial charge in [0, 0.05) is 0 Å². The molecule has 0 saturated carbocycles. The lowest BCUT2D eigenvalue weighted by molar-refractivity contribution is -0.140. The van der Waals surface area contributed by atoms with Crippen molar-refractivity contribution in [2.75, 3.05) is 0 Å². The molecule has 0 amide bonds. The first-order valence-corrected chi connectivity index (χ1v) is 5.98. The Balaban J connectivity index is 2.55. The lowest BCUT2D eigenvalue weighted by Gasteiger charge is -2.25. The van der Waals surface area contributed by atoms with Crippen molar-refractivity contribution in [1.29, 1.82) is 0 Å². The largest absolute Gasteiger partial charge is 0.419 e. The molecule has 1 nitrogen and oxygen atoms in total. The lowest BCUT2D eigenvalue weighted by Crippen LogP contribution is -2.24. The second-order valence-electron chi connectivity index (χ2n) is 4.77. The van der Waals surface area contributed by atoms with E-state index in [2.05, 4.69) is 0 Å². The number of hydrogen-bond acceptors (Lipinski definition) is 1. The molecule has 0 aliphatic carbocycles. The Morgan fingerprint density at radius 2 is 1.52 bits per heavy atom. The predicted octanol–water partition coefficient (Wildman–Crippen LogP) is 4.24. The van der Waals surface area contributed by atoms with Crippen molar-refractivity contribution in [1.82, 2.24) is 0 Å². The Labute approximate surface area is 117 Å². The molecule has 0 fully saturated rings. The summed E-state index contributed by atoms with van der Waals surface area (Å²) in [5, 5.41) is 10.4. The highest BCUT2D eigenvalue weighted by Crippen LogP contribution is 2.36. The molecule has 21 heavy (non-hydrogen) atoms. The average Bonchev–Trinajstić information content (AvgIpc) is 2.37. The molecule has 112 valence electrons. The monoisotopic (exact) mass is 302 g/mol. The Morgan fingerprint density at radius 1 is 0.905 bits per heavy atom. The van der Waals surface area contributed by atoms with Gasteiger partial charge in [-0.1, -0.05) is 18.2 Å². The zero-order chi connectivity index (χ0) is 15.8. The van der Waals surface area contributed by atoms with Crippen LogP contribution in [0.1, 0.15) is 23.6 Å². The molecule has 0 aromatic heterocycles. The third-order valence-electron chi connectivity index (χ3n) is 3.22. The molecule has 2 rings (SSSR count). The van der Waals surface area contributed by atoms with Crippen LogP contribution in [0.4, 0.5) is 22.0 Å². The maximum absolute atomic E-state index is 13.3. The summed E-state index contributed by atoms with van der Waals surface area (Å²) in [6.45, 7) is 1.22.